The molecule has 0 saturated heterocycles. The molecule has 20 heavy (non-hydrogen) atoms. The fraction of sp³-hybridized carbons (Fsp3) is 0.867. The third kappa shape index (κ3) is 3.51. The summed E-state index contributed by atoms with van der Waals surface area (Å²) in [5.41, 5.74) is 8.42. The third-order valence-electron chi connectivity index (χ3n) is 4.62. The molecule has 0 amide bonds. The van der Waals surface area contributed by atoms with Crippen molar-refractivity contribution >= 4 is 0 Å². The standard InChI is InChI=1S/C15H28N4O/c1-15(2,3)9-19(17)14-7-5-11-10(4-6-13(14)16)12(11)8-18-20/h10-12H,4-9,16-17H2,1-3H3/b14-13-/t10-,11+,12-/m1/s1. The zero-order chi connectivity index (χ0) is 14.9. The Hall–Kier alpha value is -1.10. The van der Waals surface area contributed by atoms with E-state index in [1.807, 2.05) is 5.01 Å². The molecule has 2 aliphatic rings. The number of nitrogens with two attached hydrogens (primary N) is 2. The van der Waals surface area contributed by atoms with Crippen LogP contribution in [-0.4, -0.2) is 18.1 Å². The van der Waals surface area contributed by atoms with Gasteiger partial charge in [0.15, 0.2) is 0 Å². The van der Waals surface area contributed by atoms with Gasteiger partial charge in [0.25, 0.3) is 0 Å². The molecule has 0 aromatic carbocycles. The lowest BCUT2D eigenvalue weighted by Crippen LogP contribution is -2.39. The molecule has 0 unspecified atom stereocenters. The third-order valence-corrected chi connectivity index (χ3v) is 4.62. The van der Waals surface area contributed by atoms with Gasteiger partial charge >= 0.3 is 0 Å². The number of nitroso groups, excluding NO2 is 1. The maximum atomic E-state index is 10.5. The number of allylic oxidation sites excluding steroid dienone is 2. The highest BCUT2D eigenvalue weighted by Gasteiger charge is 2.49. The van der Waals surface area contributed by atoms with Gasteiger partial charge in [-0.1, -0.05) is 25.9 Å². The van der Waals surface area contributed by atoms with Crippen LogP contribution in [0.3, 0.4) is 0 Å². The Kier molecular flexibility index (Phi) is 4.37. The molecule has 0 heterocycles. The van der Waals surface area contributed by atoms with Gasteiger partial charge < -0.3 is 10.7 Å². The van der Waals surface area contributed by atoms with E-state index < -0.39 is 0 Å². The van der Waals surface area contributed by atoms with Crippen molar-refractivity contribution in [3.8, 4) is 0 Å². The molecule has 4 N–H and O–H groups in total. The van der Waals surface area contributed by atoms with Crippen molar-refractivity contribution in [2.75, 3.05) is 13.1 Å². The molecule has 5 nitrogen and oxygen atoms in total. The van der Waals surface area contributed by atoms with Crippen LogP contribution in [0.15, 0.2) is 16.6 Å². The predicted molar refractivity (Wildman–Crippen MR) is 81.2 cm³/mol. The first-order valence-corrected chi connectivity index (χ1v) is 7.62. The van der Waals surface area contributed by atoms with Crippen molar-refractivity contribution in [1.29, 1.82) is 0 Å². The summed E-state index contributed by atoms with van der Waals surface area (Å²) >= 11 is 0. The predicted octanol–water partition coefficient (Wildman–Crippen LogP) is 2.58. The summed E-state index contributed by atoms with van der Waals surface area (Å²) in [6, 6.07) is 0. The van der Waals surface area contributed by atoms with Crippen LogP contribution in [0.1, 0.15) is 46.5 Å². The lowest BCUT2D eigenvalue weighted by molar-refractivity contribution is 0.227. The lowest BCUT2D eigenvalue weighted by Gasteiger charge is -2.31. The average molecular weight is 280 g/mol. The zero-order valence-electron chi connectivity index (χ0n) is 12.9. The van der Waals surface area contributed by atoms with E-state index in [1.165, 1.54) is 0 Å². The fourth-order valence-electron chi connectivity index (χ4n) is 3.60. The summed E-state index contributed by atoms with van der Waals surface area (Å²) in [5, 5.41) is 4.91. The fourth-order valence-corrected chi connectivity index (χ4v) is 3.60. The SMILES string of the molecule is CC(C)(C)CN(N)/C1=C(\N)CC[C@@H]2[C@H](CC1)[C@@H]2CN=O. The maximum absolute atomic E-state index is 10.5. The quantitative estimate of drug-likeness (QED) is 0.471. The topological polar surface area (TPSA) is 84.7 Å². The van der Waals surface area contributed by atoms with Gasteiger partial charge in [0.1, 0.15) is 0 Å². The lowest BCUT2D eigenvalue weighted by atomic mass is 9.95. The number of hydrazine groups is 1. The number of nitrogens with zero attached hydrogens (tertiary/aromatic N) is 2. The number of fused-ring (bicyclic) bond motifs is 1. The second kappa shape index (κ2) is 5.72. The maximum Gasteiger partial charge on any atom is 0.0844 e. The molecule has 2 rings (SSSR count). The van der Waals surface area contributed by atoms with Crippen LogP contribution in [0.5, 0.6) is 0 Å². The van der Waals surface area contributed by atoms with Gasteiger partial charge in [-0.3, -0.25) is 0 Å². The Morgan fingerprint density at radius 2 is 1.85 bits per heavy atom. The van der Waals surface area contributed by atoms with E-state index >= 15 is 0 Å². The highest BCUT2D eigenvalue weighted by molar-refractivity contribution is 5.14. The summed E-state index contributed by atoms with van der Waals surface area (Å²) in [6.07, 6.45) is 3.97. The Morgan fingerprint density at radius 1 is 1.25 bits per heavy atom. The van der Waals surface area contributed by atoms with Gasteiger partial charge in [-0.15, -0.1) is 0 Å². The molecule has 2 aliphatic carbocycles. The molecule has 0 aromatic heterocycles. The molecule has 0 bridgehead atoms. The van der Waals surface area contributed by atoms with Crippen LogP contribution >= 0.6 is 0 Å². The molecular formula is C15H28N4O. The highest BCUT2D eigenvalue weighted by Crippen LogP contribution is 2.53. The van der Waals surface area contributed by atoms with E-state index in [-0.39, 0.29) is 5.41 Å². The van der Waals surface area contributed by atoms with Gasteiger partial charge in [0, 0.05) is 17.9 Å². The summed E-state index contributed by atoms with van der Waals surface area (Å²) in [4.78, 5) is 10.5. The first-order valence-electron chi connectivity index (χ1n) is 7.62. The van der Waals surface area contributed by atoms with Crippen LogP contribution in [0, 0.1) is 28.1 Å². The minimum Gasteiger partial charge on any atom is -0.401 e. The number of rotatable bonds is 4. The van der Waals surface area contributed by atoms with Crippen molar-refractivity contribution in [2.45, 2.75) is 46.5 Å². The van der Waals surface area contributed by atoms with Crippen molar-refractivity contribution in [3.05, 3.63) is 16.3 Å². The Morgan fingerprint density at radius 3 is 2.40 bits per heavy atom. The van der Waals surface area contributed by atoms with E-state index in [2.05, 4.69) is 25.9 Å². The Bertz CT molecular complexity index is 399. The molecule has 1 saturated carbocycles. The largest absolute Gasteiger partial charge is 0.401 e. The minimum atomic E-state index is 0.149. The Balaban J connectivity index is 2.00. The van der Waals surface area contributed by atoms with Gasteiger partial charge in [-0.05, 0) is 48.9 Å². The molecule has 5 heteroatoms. The second-order valence-corrected chi connectivity index (χ2v) is 7.54. The summed E-state index contributed by atoms with van der Waals surface area (Å²) in [6.45, 7) is 7.80. The Labute approximate surface area is 121 Å². The molecule has 0 aromatic rings. The van der Waals surface area contributed by atoms with Crippen LogP contribution in [0.2, 0.25) is 0 Å². The molecule has 1 fully saturated rings. The van der Waals surface area contributed by atoms with Crippen molar-refractivity contribution in [2.24, 2.45) is 39.9 Å². The monoisotopic (exact) mass is 280 g/mol. The number of hydrogen-bond acceptors (Lipinski definition) is 5. The van der Waals surface area contributed by atoms with Crippen LogP contribution in [0.25, 0.3) is 0 Å². The molecule has 0 radical (unpaired) electrons. The normalized spacial score (nSPS) is 33.9. The van der Waals surface area contributed by atoms with Gasteiger partial charge in [-0.25, -0.2) is 5.84 Å². The highest BCUT2D eigenvalue weighted by atomic mass is 16.3. The average Bonchev–Trinajstić information content (AvgIpc) is 2.93. The van der Waals surface area contributed by atoms with E-state index in [4.69, 9.17) is 11.6 Å². The zero-order valence-corrected chi connectivity index (χ0v) is 12.9. The van der Waals surface area contributed by atoms with E-state index in [9.17, 15) is 4.91 Å². The van der Waals surface area contributed by atoms with Crippen molar-refractivity contribution < 1.29 is 0 Å². The molecule has 0 spiro atoms. The number of hydrogen-bond donors (Lipinski definition) is 2. The molecule has 114 valence electrons. The van der Waals surface area contributed by atoms with Crippen molar-refractivity contribution in [1.82, 2.24) is 5.01 Å². The van der Waals surface area contributed by atoms with E-state index in [0.29, 0.717) is 24.3 Å². The van der Waals surface area contributed by atoms with Crippen LogP contribution < -0.4 is 11.6 Å². The second-order valence-electron chi connectivity index (χ2n) is 7.54. The van der Waals surface area contributed by atoms with Crippen LogP contribution in [-0.2, 0) is 0 Å². The minimum absolute atomic E-state index is 0.149. The molecule has 0 aliphatic heterocycles. The molecular weight excluding hydrogens is 252 g/mol. The first kappa shape index (κ1) is 15.3. The van der Waals surface area contributed by atoms with Gasteiger partial charge in [-0.2, -0.15) is 4.91 Å². The van der Waals surface area contributed by atoms with Gasteiger partial charge in [0.05, 0.1) is 6.54 Å². The summed E-state index contributed by atoms with van der Waals surface area (Å²) in [7, 11) is 0. The van der Waals surface area contributed by atoms with E-state index in [1.54, 1.807) is 0 Å². The first-order chi connectivity index (χ1) is 9.33. The van der Waals surface area contributed by atoms with Crippen molar-refractivity contribution in [3.63, 3.8) is 0 Å². The van der Waals surface area contributed by atoms with Gasteiger partial charge in [0.2, 0.25) is 0 Å². The summed E-state index contributed by atoms with van der Waals surface area (Å²) < 4.78 is 0. The summed E-state index contributed by atoms with van der Waals surface area (Å²) in [5.74, 6) is 8.02. The molecule has 3 atom stereocenters. The smallest absolute Gasteiger partial charge is 0.0844 e. The van der Waals surface area contributed by atoms with E-state index in [0.717, 1.165) is 43.6 Å². The van der Waals surface area contributed by atoms with Crippen LogP contribution in [0.4, 0.5) is 0 Å².